The molecular formula is C13H12Cl2N2O. The third-order valence-electron chi connectivity index (χ3n) is 2.66. The Morgan fingerprint density at radius 3 is 2.67 bits per heavy atom. The lowest BCUT2D eigenvalue weighted by atomic mass is 9.93. The first-order valence-electron chi connectivity index (χ1n) is 5.42. The van der Waals surface area contributed by atoms with Gasteiger partial charge in [-0.2, -0.15) is 0 Å². The van der Waals surface area contributed by atoms with Gasteiger partial charge in [-0.1, -0.05) is 29.3 Å². The molecule has 0 amide bonds. The minimum absolute atomic E-state index is 0.349. The molecule has 2 rings (SSSR count). The topological polar surface area (TPSA) is 46.0 Å². The molecule has 2 aromatic rings. The predicted molar refractivity (Wildman–Crippen MR) is 71.8 cm³/mol. The molecule has 0 bridgehead atoms. The molecule has 0 saturated carbocycles. The minimum atomic E-state index is -1.12. The first-order chi connectivity index (χ1) is 8.49. The molecule has 1 aromatic heterocycles. The van der Waals surface area contributed by atoms with E-state index in [2.05, 4.69) is 9.97 Å². The van der Waals surface area contributed by atoms with Gasteiger partial charge in [0, 0.05) is 28.9 Å². The van der Waals surface area contributed by atoms with Crippen molar-refractivity contribution in [2.75, 3.05) is 0 Å². The number of benzene rings is 1. The summed E-state index contributed by atoms with van der Waals surface area (Å²) in [6.45, 7) is 1.68. The van der Waals surface area contributed by atoms with E-state index in [0.717, 1.165) is 5.56 Å². The highest BCUT2D eigenvalue weighted by atomic mass is 35.5. The van der Waals surface area contributed by atoms with Crippen LogP contribution in [-0.2, 0) is 12.0 Å². The average Bonchev–Trinajstić information content (AvgIpc) is 2.34. The van der Waals surface area contributed by atoms with Crippen LogP contribution < -0.4 is 0 Å². The molecule has 0 aliphatic heterocycles. The van der Waals surface area contributed by atoms with Crippen LogP contribution in [0.2, 0.25) is 10.0 Å². The lowest BCUT2D eigenvalue weighted by molar-refractivity contribution is 0.0526. The summed E-state index contributed by atoms with van der Waals surface area (Å²) in [6, 6.07) is 5.20. The van der Waals surface area contributed by atoms with E-state index in [1.165, 1.54) is 0 Å². The lowest BCUT2D eigenvalue weighted by Crippen LogP contribution is -2.26. The molecule has 94 valence electrons. The van der Waals surface area contributed by atoms with Gasteiger partial charge in [-0.05, 0) is 24.6 Å². The first kappa shape index (κ1) is 13.3. The Hall–Kier alpha value is -1.16. The van der Waals surface area contributed by atoms with Crippen molar-refractivity contribution in [1.29, 1.82) is 0 Å². The van der Waals surface area contributed by atoms with Gasteiger partial charge in [0.1, 0.15) is 5.60 Å². The van der Waals surface area contributed by atoms with Gasteiger partial charge in [0.15, 0.2) is 0 Å². The Labute approximate surface area is 115 Å². The monoisotopic (exact) mass is 282 g/mol. The zero-order valence-corrected chi connectivity index (χ0v) is 11.3. The number of nitrogens with zero attached hydrogens (tertiary/aromatic N) is 2. The van der Waals surface area contributed by atoms with Gasteiger partial charge in [0.25, 0.3) is 0 Å². The number of aromatic nitrogens is 2. The number of aliphatic hydroxyl groups is 1. The summed E-state index contributed by atoms with van der Waals surface area (Å²) in [5, 5.41) is 11.5. The molecule has 1 N–H and O–H groups in total. The number of halogens is 2. The lowest BCUT2D eigenvalue weighted by Gasteiger charge is -2.22. The smallest absolute Gasteiger partial charge is 0.109 e. The van der Waals surface area contributed by atoms with E-state index in [1.54, 1.807) is 43.7 Å². The summed E-state index contributed by atoms with van der Waals surface area (Å²) in [6.07, 6.45) is 5.01. The Balaban J connectivity index is 2.28. The fraction of sp³-hybridized carbons (Fsp3) is 0.231. The van der Waals surface area contributed by atoms with Crippen LogP contribution in [0, 0.1) is 0 Å². The maximum Gasteiger partial charge on any atom is 0.109 e. The summed E-state index contributed by atoms with van der Waals surface area (Å²) in [7, 11) is 0. The van der Waals surface area contributed by atoms with Crippen molar-refractivity contribution < 1.29 is 5.11 Å². The number of hydrogen-bond acceptors (Lipinski definition) is 3. The Kier molecular flexibility index (Phi) is 3.85. The van der Waals surface area contributed by atoms with Crippen molar-refractivity contribution in [3.63, 3.8) is 0 Å². The van der Waals surface area contributed by atoms with Crippen molar-refractivity contribution in [3.8, 4) is 0 Å². The van der Waals surface area contributed by atoms with E-state index in [4.69, 9.17) is 23.2 Å². The van der Waals surface area contributed by atoms with Crippen molar-refractivity contribution in [2.45, 2.75) is 18.9 Å². The second-order valence-corrected chi connectivity index (χ2v) is 5.12. The highest BCUT2D eigenvalue weighted by Crippen LogP contribution is 2.28. The van der Waals surface area contributed by atoms with Gasteiger partial charge in [-0.15, -0.1) is 0 Å². The van der Waals surface area contributed by atoms with E-state index in [1.807, 2.05) is 0 Å². The molecular weight excluding hydrogens is 271 g/mol. The van der Waals surface area contributed by atoms with E-state index in [-0.39, 0.29) is 0 Å². The standard InChI is InChI=1S/C13H12Cl2N2O/c1-13(18,12-8-16-4-5-17-12)7-9-2-3-10(14)6-11(9)15/h2-6,8,18H,7H2,1H3. The maximum absolute atomic E-state index is 10.4. The zero-order valence-electron chi connectivity index (χ0n) is 9.77. The summed E-state index contributed by atoms with van der Waals surface area (Å²) >= 11 is 11.9. The molecule has 1 aromatic carbocycles. The van der Waals surface area contributed by atoms with Gasteiger partial charge in [0.05, 0.1) is 11.9 Å². The van der Waals surface area contributed by atoms with Crippen LogP contribution in [0.1, 0.15) is 18.2 Å². The summed E-state index contributed by atoms with van der Waals surface area (Å²) < 4.78 is 0. The van der Waals surface area contributed by atoms with Gasteiger partial charge >= 0.3 is 0 Å². The third kappa shape index (κ3) is 2.99. The van der Waals surface area contributed by atoms with E-state index in [9.17, 15) is 5.11 Å². The highest BCUT2D eigenvalue weighted by molar-refractivity contribution is 6.35. The van der Waals surface area contributed by atoms with Crippen LogP contribution in [-0.4, -0.2) is 15.1 Å². The van der Waals surface area contributed by atoms with Crippen LogP contribution in [0.3, 0.4) is 0 Å². The van der Waals surface area contributed by atoms with Crippen LogP contribution in [0.5, 0.6) is 0 Å². The second kappa shape index (κ2) is 5.22. The molecule has 0 radical (unpaired) electrons. The van der Waals surface area contributed by atoms with Crippen molar-refractivity contribution in [1.82, 2.24) is 9.97 Å². The molecule has 1 heterocycles. The average molecular weight is 283 g/mol. The van der Waals surface area contributed by atoms with Crippen LogP contribution in [0.4, 0.5) is 0 Å². The normalized spacial score (nSPS) is 14.2. The molecule has 0 aliphatic carbocycles. The predicted octanol–water partition coefficient (Wildman–Crippen LogP) is 3.23. The fourth-order valence-electron chi connectivity index (χ4n) is 1.70. The molecule has 18 heavy (non-hydrogen) atoms. The molecule has 1 unspecified atom stereocenters. The van der Waals surface area contributed by atoms with Gasteiger partial charge in [-0.3, -0.25) is 9.97 Å². The highest BCUT2D eigenvalue weighted by Gasteiger charge is 2.26. The minimum Gasteiger partial charge on any atom is -0.383 e. The van der Waals surface area contributed by atoms with Gasteiger partial charge < -0.3 is 5.11 Å². The Morgan fingerprint density at radius 1 is 1.28 bits per heavy atom. The summed E-state index contributed by atoms with van der Waals surface area (Å²) in [5.41, 5.74) is 0.207. The molecule has 3 nitrogen and oxygen atoms in total. The van der Waals surface area contributed by atoms with Gasteiger partial charge in [0.2, 0.25) is 0 Å². The Bertz CT molecular complexity index is 544. The molecule has 0 fully saturated rings. The largest absolute Gasteiger partial charge is 0.383 e. The maximum atomic E-state index is 10.4. The molecule has 0 spiro atoms. The Morgan fingerprint density at radius 2 is 2.06 bits per heavy atom. The quantitative estimate of drug-likeness (QED) is 0.940. The van der Waals surface area contributed by atoms with E-state index < -0.39 is 5.60 Å². The summed E-state index contributed by atoms with van der Waals surface area (Å²) in [5.74, 6) is 0. The molecule has 5 heteroatoms. The van der Waals surface area contributed by atoms with Crippen LogP contribution in [0.25, 0.3) is 0 Å². The number of rotatable bonds is 3. The third-order valence-corrected chi connectivity index (χ3v) is 3.25. The van der Waals surface area contributed by atoms with Crippen molar-refractivity contribution in [2.24, 2.45) is 0 Å². The van der Waals surface area contributed by atoms with Gasteiger partial charge in [-0.25, -0.2) is 0 Å². The molecule has 1 atom stereocenters. The molecule has 0 aliphatic rings. The second-order valence-electron chi connectivity index (χ2n) is 4.28. The summed E-state index contributed by atoms with van der Waals surface area (Å²) in [4.78, 5) is 8.06. The SMILES string of the molecule is CC(O)(Cc1ccc(Cl)cc1Cl)c1cnccn1. The van der Waals surface area contributed by atoms with E-state index in [0.29, 0.717) is 22.2 Å². The van der Waals surface area contributed by atoms with E-state index >= 15 is 0 Å². The molecule has 0 saturated heterocycles. The van der Waals surface area contributed by atoms with Crippen molar-refractivity contribution in [3.05, 3.63) is 58.1 Å². The zero-order chi connectivity index (χ0) is 13.2. The fourth-order valence-corrected chi connectivity index (χ4v) is 2.18. The van der Waals surface area contributed by atoms with Crippen molar-refractivity contribution >= 4 is 23.2 Å². The van der Waals surface area contributed by atoms with Crippen LogP contribution >= 0.6 is 23.2 Å². The first-order valence-corrected chi connectivity index (χ1v) is 6.17. The number of hydrogen-bond donors (Lipinski definition) is 1. The van der Waals surface area contributed by atoms with Crippen LogP contribution in [0.15, 0.2) is 36.8 Å².